The average molecular weight is 271 g/mol. The van der Waals surface area contributed by atoms with Gasteiger partial charge in [0, 0.05) is 36.4 Å². The summed E-state index contributed by atoms with van der Waals surface area (Å²) >= 11 is 0. The minimum atomic E-state index is 0.150. The zero-order chi connectivity index (χ0) is 13.9. The second kappa shape index (κ2) is 5.67. The maximum absolute atomic E-state index is 12.8. The van der Waals surface area contributed by atoms with Crippen LogP contribution in [0.1, 0.15) is 30.1 Å². The number of aromatic amines is 1. The summed E-state index contributed by atoms with van der Waals surface area (Å²) in [7, 11) is 0. The van der Waals surface area contributed by atoms with Gasteiger partial charge in [-0.05, 0) is 43.0 Å². The lowest BCUT2D eigenvalue weighted by atomic mass is 10.1. The van der Waals surface area contributed by atoms with Crippen molar-refractivity contribution in [3.63, 3.8) is 0 Å². The van der Waals surface area contributed by atoms with Gasteiger partial charge in [0.05, 0.1) is 0 Å². The highest BCUT2D eigenvalue weighted by atomic mass is 16.2. The summed E-state index contributed by atoms with van der Waals surface area (Å²) in [5, 5.41) is 4.49. The number of H-pyrrole nitrogens is 1. The number of carbonyl (C=O) groups excluding carboxylic acids is 1. The summed E-state index contributed by atoms with van der Waals surface area (Å²) in [6, 6.07) is 8.26. The van der Waals surface area contributed by atoms with Crippen molar-refractivity contribution in [1.82, 2.24) is 15.2 Å². The zero-order valence-electron chi connectivity index (χ0n) is 11.9. The molecule has 4 heteroatoms. The molecular formula is C16H21N3O. The Morgan fingerprint density at radius 2 is 2.30 bits per heavy atom. The highest BCUT2D eigenvalue weighted by Gasteiger charge is 2.26. The molecule has 0 saturated carbocycles. The van der Waals surface area contributed by atoms with E-state index >= 15 is 0 Å². The molecule has 1 saturated heterocycles. The van der Waals surface area contributed by atoms with Gasteiger partial charge in [0.25, 0.3) is 5.91 Å². The third-order valence-corrected chi connectivity index (χ3v) is 4.00. The van der Waals surface area contributed by atoms with Crippen LogP contribution in [0.15, 0.2) is 30.5 Å². The average Bonchev–Trinajstić information content (AvgIpc) is 3.13. The van der Waals surface area contributed by atoms with E-state index in [9.17, 15) is 4.79 Å². The molecule has 3 rings (SSSR count). The standard InChI is InChI=1S/C16H21N3O/c1-2-9-19(14-6-7-17-11-14)16(20)13-4-3-12-5-8-18-15(12)10-13/h3-5,8,10,14,17-18H,2,6-7,9,11H2,1H3. The van der Waals surface area contributed by atoms with Gasteiger partial charge in [0.1, 0.15) is 0 Å². The molecule has 1 aliphatic rings. The smallest absolute Gasteiger partial charge is 0.254 e. The maximum Gasteiger partial charge on any atom is 0.254 e. The van der Waals surface area contributed by atoms with E-state index in [1.54, 1.807) is 0 Å². The normalized spacial score (nSPS) is 18.6. The summed E-state index contributed by atoms with van der Waals surface area (Å²) in [5.74, 6) is 0.150. The van der Waals surface area contributed by atoms with Gasteiger partial charge < -0.3 is 15.2 Å². The molecule has 1 fully saturated rings. The molecule has 1 atom stereocenters. The van der Waals surface area contributed by atoms with Crippen molar-refractivity contribution in [2.75, 3.05) is 19.6 Å². The van der Waals surface area contributed by atoms with Crippen LogP contribution in [-0.4, -0.2) is 41.5 Å². The summed E-state index contributed by atoms with van der Waals surface area (Å²) in [6.45, 7) is 4.87. The molecule has 2 N–H and O–H groups in total. The predicted octanol–water partition coefficient (Wildman–Crippen LogP) is 2.38. The van der Waals surface area contributed by atoms with Gasteiger partial charge in [-0.3, -0.25) is 4.79 Å². The lowest BCUT2D eigenvalue weighted by Crippen LogP contribution is -2.42. The van der Waals surface area contributed by atoms with E-state index in [2.05, 4.69) is 17.2 Å². The van der Waals surface area contributed by atoms with Gasteiger partial charge in [0.15, 0.2) is 0 Å². The molecule has 1 aliphatic heterocycles. The van der Waals surface area contributed by atoms with E-state index in [1.165, 1.54) is 0 Å². The van der Waals surface area contributed by atoms with Gasteiger partial charge >= 0.3 is 0 Å². The van der Waals surface area contributed by atoms with Crippen LogP contribution >= 0.6 is 0 Å². The molecule has 2 heterocycles. The highest BCUT2D eigenvalue weighted by molar-refractivity contribution is 5.98. The fourth-order valence-electron chi connectivity index (χ4n) is 2.94. The third kappa shape index (κ3) is 2.43. The van der Waals surface area contributed by atoms with Crippen LogP contribution < -0.4 is 5.32 Å². The Labute approximate surface area is 119 Å². The second-order valence-corrected chi connectivity index (χ2v) is 5.42. The number of aromatic nitrogens is 1. The Bertz CT molecular complexity index is 599. The van der Waals surface area contributed by atoms with Crippen LogP contribution in [0.3, 0.4) is 0 Å². The van der Waals surface area contributed by atoms with E-state index in [4.69, 9.17) is 0 Å². The molecule has 20 heavy (non-hydrogen) atoms. The first-order valence-electron chi connectivity index (χ1n) is 7.38. The Kier molecular flexibility index (Phi) is 3.74. The van der Waals surface area contributed by atoms with E-state index < -0.39 is 0 Å². The number of nitrogens with zero attached hydrogens (tertiary/aromatic N) is 1. The van der Waals surface area contributed by atoms with Crippen molar-refractivity contribution in [3.05, 3.63) is 36.0 Å². The summed E-state index contributed by atoms with van der Waals surface area (Å²) in [4.78, 5) is 18.0. The van der Waals surface area contributed by atoms with Crippen LogP contribution in [0.4, 0.5) is 0 Å². The van der Waals surface area contributed by atoms with Gasteiger partial charge in [-0.15, -0.1) is 0 Å². The largest absolute Gasteiger partial charge is 0.361 e. The van der Waals surface area contributed by atoms with Crippen LogP contribution in [0.2, 0.25) is 0 Å². The Morgan fingerprint density at radius 3 is 3.05 bits per heavy atom. The molecule has 0 aliphatic carbocycles. The van der Waals surface area contributed by atoms with Crippen LogP contribution in [0, 0.1) is 0 Å². The number of fused-ring (bicyclic) bond motifs is 1. The Morgan fingerprint density at radius 1 is 1.40 bits per heavy atom. The molecule has 4 nitrogen and oxygen atoms in total. The molecule has 1 aromatic carbocycles. The monoisotopic (exact) mass is 271 g/mol. The lowest BCUT2D eigenvalue weighted by molar-refractivity contribution is 0.0692. The molecule has 0 bridgehead atoms. The molecular weight excluding hydrogens is 250 g/mol. The van der Waals surface area contributed by atoms with Gasteiger partial charge in [-0.25, -0.2) is 0 Å². The van der Waals surface area contributed by atoms with E-state index in [-0.39, 0.29) is 5.91 Å². The predicted molar refractivity (Wildman–Crippen MR) is 80.9 cm³/mol. The van der Waals surface area contributed by atoms with Crippen LogP contribution in [0.25, 0.3) is 10.9 Å². The minimum Gasteiger partial charge on any atom is -0.361 e. The quantitative estimate of drug-likeness (QED) is 0.897. The molecule has 106 valence electrons. The van der Waals surface area contributed by atoms with Crippen molar-refractivity contribution in [2.45, 2.75) is 25.8 Å². The second-order valence-electron chi connectivity index (χ2n) is 5.42. The highest BCUT2D eigenvalue weighted by Crippen LogP contribution is 2.18. The van der Waals surface area contributed by atoms with E-state index in [0.29, 0.717) is 6.04 Å². The van der Waals surface area contributed by atoms with Gasteiger partial charge in [-0.1, -0.05) is 13.0 Å². The van der Waals surface area contributed by atoms with Crippen LogP contribution in [0.5, 0.6) is 0 Å². The summed E-state index contributed by atoms with van der Waals surface area (Å²) in [6.07, 6.45) is 3.95. The number of hydrogen-bond donors (Lipinski definition) is 2. The molecule has 2 aromatic rings. The zero-order valence-corrected chi connectivity index (χ0v) is 11.9. The molecule has 1 unspecified atom stereocenters. The van der Waals surface area contributed by atoms with Crippen molar-refractivity contribution in [1.29, 1.82) is 0 Å². The first kappa shape index (κ1) is 13.2. The molecule has 0 radical (unpaired) electrons. The number of amides is 1. The van der Waals surface area contributed by atoms with Crippen molar-refractivity contribution in [2.24, 2.45) is 0 Å². The number of carbonyl (C=O) groups is 1. The first-order chi connectivity index (χ1) is 9.79. The molecule has 1 amide bonds. The van der Waals surface area contributed by atoms with E-state index in [0.717, 1.165) is 48.9 Å². The molecule has 1 aromatic heterocycles. The molecule has 0 spiro atoms. The Hall–Kier alpha value is -1.81. The van der Waals surface area contributed by atoms with Crippen molar-refractivity contribution < 1.29 is 4.79 Å². The third-order valence-electron chi connectivity index (χ3n) is 4.00. The number of hydrogen-bond acceptors (Lipinski definition) is 2. The van der Waals surface area contributed by atoms with Crippen molar-refractivity contribution in [3.8, 4) is 0 Å². The summed E-state index contributed by atoms with van der Waals surface area (Å²) < 4.78 is 0. The van der Waals surface area contributed by atoms with Gasteiger partial charge in [-0.2, -0.15) is 0 Å². The minimum absolute atomic E-state index is 0.150. The van der Waals surface area contributed by atoms with Crippen molar-refractivity contribution >= 4 is 16.8 Å². The number of nitrogens with one attached hydrogen (secondary N) is 2. The SMILES string of the molecule is CCCN(C(=O)c1ccc2cc[nH]c2c1)C1CCNC1. The number of benzene rings is 1. The lowest BCUT2D eigenvalue weighted by Gasteiger charge is -2.28. The maximum atomic E-state index is 12.8. The van der Waals surface area contributed by atoms with Crippen LogP contribution in [-0.2, 0) is 0 Å². The topological polar surface area (TPSA) is 48.1 Å². The van der Waals surface area contributed by atoms with E-state index in [1.807, 2.05) is 35.4 Å². The van der Waals surface area contributed by atoms with Gasteiger partial charge in [0.2, 0.25) is 0 Å². The first-order valence-corrected chi connectivity index (χ1v) is 7.38. The number of rotatable bonds is 4. The summed E-state index contributed by atoms with van der Waals surface area (Å²) in [5.41, 5.74) is 1.80. The Balaban J connectivity index is 1.87. The fourth-order valence-corrected chi connectivity index (χ4v) is 2.94. The fraction of sp³-hybridized carbons (Fsp3) is 0.438.